The third-order valence-corrected chi connectivity index (χ3v) is 1.88. The minimum absolute atomic E-state index is 0.921. The molecule has 2 nitrogen and oxygen atoms in total. The molecule has 96 valence electrons. The van der Waals surface area contributed by atoms with Crippen LogP contribution in [0.3, 0.4) is 0 Å². The second kappa shape index (κ2) is 13.0. The van der Waals surface area contributed by atoms with Gasteiger partial charge in [0.15, 0.2) is 0 Å². The van der Waals surface area contributed by atoms with E-state index in [-0.39, 0.29) is 0 Å². The minimum atomic E-state index is -0.937. The average molecular weight is 244 g/mol. The molecule has 0 atom stereocenters. The van der Waals surface area contributed by atoms with Crippen LogP contribution < -0.4 is 0 Å². The minimum Gasteiger partial charge on any atom is -0.478 e. The van der Waals surface area contributed by atoms with Gasteiger partial charge < -0.3 is 5.11 Å². The van der Waals surface area contributed by atoms with Gasteiger partial charge in [0, 0.05) is 6.08 Å². The van der Waals surface area contributed by atoms with Crippen LogP contribution in [-0.4, -0.2) is 11.1 Å². The van der Waals surface area contributed by atoms with E-state index < -0.39 is 5.97 Å². The molecule has 0 aliphatic heterocycles. The molecular formula is C16H20O2. The standard InChI is InChI=1S/C16H20O2/c1-2-3-4-5-6-7-8-9-10-11-12-13-14-15-16(17)18/h2-3,5-6,8-15H,4,7H2,1H3,(H,17,18). The highest BCUT2D eigenvalue weighted by molar-refractivity contribution is 5.80. The highest BCUT2D eigenvalue weighted by atomic mass is 16.4. The van der Waals surface area contributed by atoms with Crippen molar-refractivity contribution in [3.8, 4) is 0 Å². The molecule has 0 aliphatic rings. The van der Waals surface area contributed by atoms with E-state index in [1.807, 2.05) is 31.2 Å². The van der Waals surface area contributed by atoms with E-state index in [2.05, 4.69) is 24.3 Å². The Labute approximate surface area is 109 Å². The molecule has 18 heavy (non-hydrogen) atoms. The highest BCUT2D eigenvalue weighted by Crippen LogP contribution is 1.91. The van der Waals surface area contributed by atoms with E-state index in [0.717, 1.165) is 18.9 Å². The smallest absolute Gasteiger partial charge is 0.328 e. The van der Waals surface area contributed by atoms with Gasteiger partial charge in [-0.25, -0.2) is 4.79 Å². The Morgan fingerprint density at radius 1 is 0.833 bits per heavy atom. The van der Waals surface area contributed by atoms with Gasteiger partial charge in [0.05, 0.1) is 0 Å². The van der Waals surface area contributed by atoms with Gasteiger partial charge >= 0.3 is 5.97 Å². The summed E-state index contributed by atoms with van der Waals surface area (Å²) >= 11 is 0. The highest BCUT2D eigenvalue weighted by Gasteiger charge is 1.79. The van der Waals surface area contributed by atoms with Crippen molar-refractivity contribution in [3.05, 3.63) is 72.9 Å². The van der Waals surface area contributed by atoms with E-state index in [4.69, 9.17) is 5.11 Å². The molecular weight excluding hydrogens is 224 g/mol. The molecule has 0 saturated carbocycles. The van der Waals surface area contributed by atoms with Crippen molar-refractivity contribution in [1.82, 2.24) is 0 Å². The van der Waals surface area contributed by atoms with Crippen molar-refractivity contribution in [2.24, 2.45) is 0 Å². The summed E-state index contributed by atoms with van der Waals surface area (Å²) in [5.41, 5.74) is 0. The maximum Gasteiger partial charge on any atom is 0.328 e. The molecule has 0 radical (unpaired) electrons. The lowest BCUT2D eigenvalue weighted by atomic mass is 10.3. The molecule has 0 spiro atoms. The normalized spacial score (nSPS) is 13.4. The maximum absolute atomic E-state index is 10.1. The summed E-state index contributed by atoms with van der Waals surface area (Å²) in [5, 5.41) is 8.33. The van der Waals surface area contributed by atoms with Crippen LogP contribution >= 0.6 is 0 Å². The summed E-state index contributed by atoms with van der Waals surface area (Å²) in [7, 11) is 0. The fourth-order valence-electron chi connectivity index (χ4n) is 1.04. The Morgan fingerprint density at radius 3 is 2.00 bits per heavy atom. The van der Waals surface area contributed by atoms with Crippen molar-refractivity contribution in [1.29, 1.82) is 0 Å². The Bertz CT molecular complexity index is 380. The van der Waals surface area contributed by atoms with E-state index in [0.29, 0.717) is 0 Å². The zero-order valence-electron chi connectivity index (χ0n) is 10.7. The Morgan fingerprint density at radius 2 is 1.39 bits per heavy atom. The second-order valence-electron chi connectivity index (χ2n) is 3.41. The molecule has 0 aromatic heterocycles. The molecule has 0 aromatic rings. The number of carboxylic acids is 1. The molecule has 1 N–H and O–H groups in total. The lowest BCUT2D eigenvalue weighted by Gasteiger charge is -1.81. The first kappa shape index (κ1) is 15.9. The molecule has 2 heteroatoms. The molecule has 0 saturated heterocycles. The van der Waals surface area contributed by atoms with Crippen molar-refractivity contribution >= 4 is 5.97 Å². The fraction of sp³-hybridized carbons (Fsp3) is 0.188. The van der Waals surface area contributed by atoms with Crippen LogP contribution in [0.1, 0.15) is 19.8 Å². The molecule has 0 unspecified atom stereocenters. The summed E-state index contributed by atoms with van der Waals surface area (Å²) < 4.78 is 0. The van der Waals surface area contributed by atoms with Crippen LogP contribution in [0.15, 0.2) is 72.9 Å². The quantitative estimate of drug-likeness (QED) is 0.394. The van der Waals surface area contributed by atoms with E-state index in [1.165, 1.54) is 6.08 Å². The number of allylic oxidation sites excluding steroid dienone is 11. The van der Waals surface area contributed by atoms with Gasteiger partial charge in [0.2, 0.25) is 0 Å². The lowest BCUT2D eigenvalue weighted by Crippen LogP contribution is -1.84. The SMILES string of the molecule is CC=CCC=CCC=CC=CC=CC=CC(=O)O. The van der Waals surface area contributed by atoms with Gasteiger partial charge in [-0.05, 0) is 19.8 Å². The number of hydrogen-bond donors (Lipinski definition) is 1. The zero-order chi connectivity index (χ0) is 13.5. The third-order valence-electron chi connectivity index (χ3n) is 1.88. The van der Waals surface area contributed by atoms with Gasteiger partial charge in [-0.3, -0.25) is 0 Å². The van der Waals surface area contributed by atoms with Gasteiger partial charge in [0.25, 0.3) is 0 Å². The fourth-order valence-corrected chi connectivity index (χ4v) is 1.04. The Hall–Kier alpha value is -2.09. The topological polar surface area (TPSA) is 37.3 Å². The number of aliphatic carboxylic acids is 1. The number of carbonyl (C=O) groups is 1. The summed E-state index contributed by atoms with van der Waals surface area (Å²) in [6.07, 6.45) is 24.1. The van der Waals surface area contributed by atoms with E-state index in [1.54, 1.807) is 12.2 Å². The first-order chi connectivity index (χ1) is 8.77. The summed E-state index contributed by atoms with van der Waals surface area (Å²) in [5.74, 6) is -0.937. The Kier molecular flexibility index (Phi) is 11.5. The van der Waals surface area contributed by atoms with Gasteiger partial charge in [-0.15, -0.1) is 0 Å². The van der Waals surface area contributed by atoms with E-state index in [9.17, 15) is 4.79 Å². The van der Waals surface area contributed by atoms with Gasteiger partial charge in [-0.2, -0.15) is 0 Å². The molecule has 0 bridgehead atoms. The third kappa shape index (κ3) is 13.9. The molecule has 0 aliphatic carbocycles. The van der Waals surface area contributed by atoms with Crippen LogP contribution in [0.25, 0.3) is 0 Å². The van der Waals surface area contributed by atoms with Crippen molar-refractivity contribution in [2.45, 2.75) is 19.8 Å². The number of hydrogen-bond acceptors (Lipinski definition) is 1. The van der Waals surface area contributed by atoms with E-state index >= 15 is 0 Å². The number of carboxylic acid groups (broad SMARTS) is 1. The first-order valence-electron chi connectivity index (χ1n) is 5.93. The maximum atomic E-state index is 10.1. The summed E-state index contributed by atoms with van der Waals surface area (Å²) in [6, 6.07) is 0. The lowest BCUT2D eigenvalue weighted by molar-refractivity contribution is -0.131. The largest absolute Gasteiger partial charge is 0.478 e. The Balaban J connectivity index is 3.69. The van der Waals surface area contributed by atoms with Crippen LogP contribution in [0.2, 0.25) is 0 Å². The molecule has 0 amide bonds. The van der Waals surface area contributed by atoms with Crippen LogP contribution in [0, 0.1) is 0 Å². The molecule has 0 rings (SSSR count). The van der Waals surface area contributed by atoms with Crippen molar-refractivity contribution in [3.63, 3.8) is 0 Å². The molecule has 0 fully saturated rings. The predicted octanol–water partition coefficient (Wildman–Crippen LogP) is 4.21. The van der Waals surface area contributed by atoms with Crippen molar-refractivity contribution < 1.29 is 9.90 Å². The predicted molar refractivity (Wildman–Crippen MR) is 77.4 cm³/mol. The molecule has 0 aromatic carbocycles. The summed E-state index contributed by atoms with van der Waals surface area (Å²) in [6.45, 7) is 2.01. The van der Waals surface area contributed by atoms with Gasteiger partial charge in [-0.1, -0.05) is 66.8 Å². The monoisotopic (exact) mass is 244 g/mol. The van der Waals surface area contributed by atoms with Gasteiger partial charge in [0.1, 0.15) is 0 Å². The van der Waals surface area contributed by atoms with Crippen LogP contribution in [-0.2, 0) is 4.79 Å². The summed E-state index contributed by atoms with van der Waals surface area (Å²) in [4.78, 5) is 10.1. The number of rotatable bonds is 8. The van der Waals surface area contributed by atoms with Crippen LogP contribution in [0.5, 0.6) is 0 Å². The average Bonchev–Trinajstić information content (AvgIpc) is 2.34. The van der Waals surface area contributed by atoms with Crippen molar-refractivity contribution in [2.75, 3.05) is 0 Å². The first-order valence-corrected chi connectivity index (χ1v) is 5.93. The van der Waals surface area contributed by atoms with Crippen LogP contribution in [0.4, 0.5) is 0 Å². The molecule has 0 heterocycles. The second-order valence-corrected chi connectivity index (χ2v) is 3.41. The zero-order valence-corrected chi connectivity index (χ0v) is 10.7.